The molecule has 0 aliphatic carbocycles. The molecule has 0 aliphatic heterocycles. The molecule has 3 rings (SSSR count). The summed E-state index contributed by atoms with van der Waals surface area (Å²) in [7, 11) is 0. The maximum Gasteiger partial charge on any atom is 0.284 e. The van der Waals surface area contributed by atoms with Gasteiger partial charge in [-0.3, -0.25) is 4.79 Å². The summed E-state index contributed by atoms with van der Waals surface area (Å²) in [5.41, 5.74) is 0.172. The molecule has 0 amide bonds. The van der Waals surface area contributed by atoms with E-state index in [2.05, 4.69) is 4.98 Å². The van der Waals surface area contributed by atoms with Crippen LogP contribution in [0.25, 0.3) is 22.4 Å². The summed E-state index contributed by atoms with van der Waals surface area (Å²) in [6, 6.07) is 10.6. The van der Waals surface area contributed by atoms with Crippen LogP contribution in [-0.2, 0) is 0 Å². The van der Waals surface area contributed by atoms with E-state index in [-0.39, 0.29) is 28.4 Å². The Bertz CT molecular complexity index is 806. The molecule has 2 aromatic carbocycles. The Morgan fingerprint density at radius 2 is 1.74 bits per heavy atom. The number of hydrogen-bond donors (Lipinski definition) is 2. The first kappa shape index (κ1) is 11.3. The van der Waals surface area contributed by atoms with Gasteiger partial charge in [0.25, 0.3) is 5.56 Å². The lowest BCUT2D eigenvalue weighted by atomic mass is 10.2. The van der Waals surface area contributed by atoms with Gasteiger partial charge in [-0.15, -0.1) is 0 Å². The minimum Gasteiger partial charge on any atom is -0.508 e. The fraction of sp³-hybridized carbons (Fsp3) is 0. The van der Waals surface area contributed by atoms with E-state index in [1.807, 2.05) is 0 Å². The van der Waals surface area contributed by atoms with Crippen LogP contribution in [0.15, 0.2) is 51.7 Å². The summed E-state index contributed by atoms with van der Waals surface area (Å²) in [5.74, 6) is 0.0887. The largest absolute Gasteiger partial charge is 0.508 e. The number of hydrogen-bond acceptors (Lipinski definition) is 5. The number of para-hydroxylation sites is 1. The van der Waals surface area contributed by atoms with Gasteiger partial charge in [0.05, 0.1) is 5.39 Å². The van der Waals surface area contributed by atoms with Gasteiger partial charge in [0.2, 0.25) is 5.89 Å². The Morgan fingerprint density at radius 1 is 1.00 bits per heavy atom. The van der Waals surface area contributed by atoms with Crippen molar-refractivity contribution < 1.29 is 14.6 Å². The molecule has 94 valence electrons. The van der Waals surface area contributed by atoms with Gasteiger partial charge in [-0.25, -0.2) is 0 Å². The Morgan fingerprint density at radius 3 is 2.47 bits per heavy atom. The number of aromatic nitrogens is 1. The maximum atomic E-state index is 11.9. The first-order valence-electron chi connectivity index (χ1n) is 5.57. The van der Waals surface area contributed by atoms with E-state index in [9.17, 15) is 15.0 Å². The lowest BCUT2D eigenvalue weighted by Crippen LogP contribution is -2.07. The van der Waals surface area contributed by atoms with Gasteiger partial charge in [0.15, 0.2) is 11.3 Å². The molecule has 0 bridgehead atoms. The van der Waals surface area contributed by atoms with E-state index in [0.29, 0.717) is 5.56 Å². The number of benzene rings is 2. The molecule has 5 nitrogen and oxygen atoms in total. The van der Waals surface area contributed by atoms with E-state index in [1.165, 1.54) is 24.3 Å². The zero-order chi connectivity index (χ0) is 13.4. The average molecular weight is 255 g/mol. The van der Waals surface area contributed by atoms with Crippen molar-refractivity contribution in [1.29, 1.82) is 0 Å². The highest BCUT2D eigenvalue weighted by Crippen LogP contribution is 2.26. The van der Waals surface area contributed by atoms with Crippen LogP contribution < -0.4 is 5.56 Å². The molecular weight excluding hydrogens is 246 g/mol. The lowest BCUT2D eigenvalue weighted by molar-refractivity contribution is 0.462. The standard InChI is InChI=1S/C14H9NO4/c16-9-6-4-8(5-7-9)14-15-13(18)10-2-1-3-11(17)12(10)19-14/h1-7,16-17H. The molecule has 0 radical (unpaired) electrons. The van der Waals surface area contributed by atoms with Crippen LogP contribution in [0, 0.1) is 0 Å². The molecule has 19 heavy (non-hydrogen) atoms. The summed E-state index contributed by atoms with van der Waals surface area (Å²) in [6.07, 6.45) is 0. The van der Waals surface area contributed by atoms with Gasteiger partial charge in [-0.2, -0.15) is 4.98 Å². The number of nitrogens with zero attached hydrogens (tertiary/aromatic N) is 1. The maximum absolute atomic E-state index is 11.9. The molecule has 0 fully saturated rings. The van der Waals surface area contributed by atoms with Gasteiger partial charge in [0, 0.05) is 5.56 Å². The highest BCUT2D eigenvalue weighted by atomic mass is 16.4. The molecule has 0 unspecified atom stereocenters. The number of fused-ring (bicyclic) bond motifs is 1. The van der Waals surface area contributed by atoms with Gasteiger partial charge < -0.3 is 14.6 Å². The Kier molecular flexibility index (Phi) is 2.45. The van der Waals surface area contributed by atoms with Gasteiger partial charge in [-0.1, -0.05) is 6.07 Å². The highest BCUT2D eigenvalue weighted by Gasteiger charge is 2.11. The molecule has 1 aromatic heterocycles. The van der Waals surface area contributed by atoms with E-state index in [1.54, 1.807) is 18.2 Å². The number of aromatic hydroxyl groups is 2. The number of phenolic OH excluding ortho intramolecular Hbond substituents is 2. The van der Waals surface area contributed by atoms with Crippen LogP contribution in [0.4, 0.5) is 0 Å². The van der Waals surface area contributed by atoms with E-state index in [0.717, 1.165) is 0 Å². The minimum atomic E-state index is -0.472. The van der Waals surface area contributed by atoms with Crippen molar-refractivity contribution in [2.24, 2.45) is 0 Å². The Hall–Kier alpha value is -2.82. The van der Waals surface area contributed by atoms with Crippen molar-refractivity contribution in [1.82, 2.24) is 4.98 Å². The van der Waals surface area contributed by atoms with E-state index >= 15 is 0 Å². The molecule has 5 heteroatoms. The highest BCUT2D eigenvalue weighted by molar-refractivity contribution is 5.82. The van der Waals surface area contributed by atoms with Gasteiger partial charge >= 0.3 is 0 Å². The molecule has 0 saturated heterocycles. The summed E-state index contributed by atoms with van der Waals surface area (Å²) in [4.78, 5) is 15.7. The molecule has 3 aromatic rings. The second kappa shape index (κ2) is 4.13. The first-order valence-corrected chi connectivity index (χ1v) is 5.57. The van der Waals surface area contributed by atoms with Gasteiger partial charge in [0.1, 0.15) is 5.75 Å². The van der Waals surface area contributed by atoms with Crippen molar-refractivity contribution >= 4 is 11.0 Å². The zero-order valence-electron chi connectivity index (χ0n) is 9.70. The zero-order valence-corrected chi connectivity index (χ0v) is 9.70. The lowest BCUT2D eigenvalue weighted by Gasteiger charge is -2.03. The molecular formula is C14H9NO4. The van der Waals surface area contributed by atoms with Crippen molar-refractivity contribution in [3.8, 4) is 23.0 Å². The number of phenols is 2. The van der Waals surface area contributed by atoms with Crippen molar-refractivity contribution in [3.63, 3.8) is 0 Å². The van der Waals surface area contributed by atoms with Crippen LogP contribution in [0.1, 0.15) is 0 Å². The average Bonchev–Trinajstić information content (AvgIpc) is 2.41. The van der Waals surface area contributed by atoms with E-state index < -0.39 is 5.56 Å². The third kappa shape index (κ3) is 1.91. The fourth-order valence-electron chi connectivity index (χ4n) is 1.80. The van der Waals surface area contributed by atoms with Crippen molar-refractivity contribution in [2.45, 2.75) is 0 Å². The summed E-state index contributed by atoms with van der Waals surface area (Å²) < 4.78 is 5.46. The Balaban J connectivity index is 2.29. The number of rotatable bonds is 1. The SMILES string of the molecule is O=c1nc(-c2ccc(O)cc2)oc2c(O)cccc12. The molecule has 0 aliphatic rings. The molecule has 0 saturated carbocycles. The third-order valence-electron chi connectivity index (χ3n) is 2.74. The summed E-state index contributed by atoms with van der Waals surface area (Å²) >= 11 is 0. The van der Waals surface area contributed by atoms with Crippen molar-refractivity contribution in [2.75, 3.05) is 0 Å². The predicted octanol–water partition coefficient (Wildman–Crippen LogP) is 2.27. The second-order valence-corrected chi connectivity index (χ2v) is 4.02. The van der Waals surface area contributed by atoms with Crippen molar-refractivity contribution in [3.05, 3.63) is 52.8 Å². The second-order valence-electron chi connectivity index (χ2n) is 4.02. The molecule has 2 N–H and O–H groups in total. The topological polar surface area (TPSA) is 83.6 Å². The van der Waals surface area contributed by atoms with Crippen LogP contribution in [0.5, 0.6) is 11.5 Å². The van der Waals surface area contributed by atoms with Crippen LogP contribution in [-0.4, -0.2) is 15.2 Å². The minimum absolute atomic E-state index is 0.0963. The third-order valence-corrected chi connectivity index (χ3v) is 2.74. The van der Waals surface area contributed by atoms with Crippen LogP contribution in [0.2, 0.25) is 0 Å². The smallest absolute Gasteiger partial charge is 0.284 e. The quantitative estimate of drug-likeness (QED) is 0.696. The normalized spacial score (nSPS) is 10.7. The molecule has 0 atom stereocenters. The Labute approximate surface area is 107 Å². The molecule has 0 spiro atoms. The monoisotopic (exact) mass is 255 g/mol. The van der Waals surface area contributed by atoms with Gasteiger partial charge in [-0.05, 0) is 36.4 Å². The summed E-state index contributed by atoms with van der Waals surface area (Å²) in [6.45, 7) is 0. The first-order chi connectivity index (χ1) is 9.15. The van der Waals surface area contributed by atoms with E-state index in [4.69, 9.17) is 4.42 Å². The molecule has 1 heterocycles. The van der Waals surface area contributed by atoms with Crippen LogP contribution >= 0.6 is 0 Å². The fourth-order valence-corrected chi connectivity index (χ4v) is 1.80. The predicted molar refractivity (Wildman–Crippen MR) is 69.0 cm³/mol. The van der Waals surface area contributed by atoms with Crippen LogP contribution in [0.3, 0.4) is 0 Å². The summed E-state index contributed by atoms with van der Waals surface area (Å²) in [5, 5.41) is 19.2.